The summed E-state index contributed by atoms with van der Waals surface area (Å²) < 4.78 is 24.8. The van der Waals surface area contributed by atoms with E-state index < -0.39 is 10.0 Å². The highest BCUT2D eigenvalue weighted by atomic mass is 32.2. The number of aryl methyl sites for hydroxylation is 1. The normalized spacial score (nSPS) is 11.7. The SMILES string of the molecule is CCCc1n[nH]c2cc(O)c(C(=O)N(C)c3ccc(CNS(C)(=O)=O)cc3)cc12. The van der Waals surface area contributed by atoms with Crippen LogP contribution in [0.3, 0.4) is 0 Å². The van der Waals surface area contributed by atoms with Crippen molar-refractivity contribution in [1.29, 1.82) is 0 Å². The summed E-state index contributed by atoms with van der Waals surface area (Å²) in [6.07, 6.45) is 2.80. The number of nitrogens with one attached hydrogen (secondary N) is 2. The molecule has 1 amide bonds. The van der Waals surface area contributed by atoms with Crippen molar-refractivity contribution >= 4 is 32.5 Å². The van der Waals surface area contributed by atoms with Gasteiger partial charge in [-0.3, -0.25) is 9.89 Å². The van der Waals surface area contributed by atoms with Crippen molar-refractivity contribution in [1.82, 2.24) is 14.9 Å². The first-order valence-corrected chi connectivity index (χ1v) is 11.1. The van der Waals surface area contributed by atoms with Crippen molar-refractivity contribution in [2.24, 2.45) is 0 Å². The number of aromatic amines is 1. The summed E-state index contributed by atoms with van der Waals surface area (Å²) in [5.41, 5.74) is 3.14. The Morgan fingerprint density at radius 2 is 1.93 bits per heavy atom. The number of phenols is 1. The molecular weight excluding hydrogens is 392 g/mol. The lowest BCUT2D eigenvalue weighted by Crippen LogP contribution is -2.26. The van der Waals surface area contributed by atoms with E-state index in [-0.39, 0.29) is 23.8 Å². The standard InChI is InChI=1S/C20H24N4O4S/c1-4-5-17-15-10-16(19(25)11-18(15)23-22-17)20(26)24(2)14-8-6-13(7-9-14)12-21-29(3,27)28/h6-11,21,25H,4-5,12H2,1-3H3,(H,22,23). The number of aromatic nitrogens is 2. The minimum absolute atomic E-state index is 0.116. The second-order valence-electron chi connectivity index (χ2n) is 6.96. The maximum absolute atomic E-state index is 13.0. The summed E-state index contributed by atoms with van der Waals surface area (Å²) >= 11 is 0. The van der Waals surface area contributed by atoms with Gasteiger partial charge in [-0.2, -0.15) is 5.10 Å². The number of H-pyrrole nitrogens is 1. The lowest BCUT2D eigenvalue weighted by molar-refractivity contribution is 0.0990. The van der Waals surface area contributed by atoms with Gasteiger partial charge in [0.25, 0.3) is 5.91 Å². The molecule has 0 radical (unpaired) electrons. The van der Waals surface area contributed by atoms with E-state index in [0.29, 0.717) is 11.2 Å². The fourth-order valence-corrected chi connectivity index (χ4v) is 3.48. The molecule has 0 fully saturated rings. The summed E-state index contributed by atoms with van der Waals surface area (Å²) in [6, 6.07) is 10.1. The van der Waals surface area contributed by atoms with Gasteiger partial charge in [-0.15, -0.1) is 0 Å². The van der Waals surface area contributed by atoms with E-state index in [9.17, 15) is 18.3 Å². The summed E-state index contributed by atoms with van der Waals surface area (Å²) in [6.45, 7) is 2.23. The molecule has 3 N–H and O–H groups in total. The number of fused-ring (bicyclic) bond motifs is 1. The van der Waals surface area contributed by atoms with Crippen LogP contribution in [0.25, 0.3) is 10.9 Å². The Labute approximate surface area is 169 Å². The third-order valence-electron chi connectivity index (χ3n) is 4.64. The van der Waals surface area contributed by atoms with E-state index in [2.05, 4.69) is 21.8 Å². The highest BCUT2D eigenvalue weighted by Crippen LogP contribution is 2.28. The molecule has 2 aromatic carbocycles. The summed E-state index contributed by atoms with van der Waals surface area (Å²) in [4.78, 5) is 14.4. The summed E-state index contributed by atoms with van der Waals surface area (Å²) in [5.74, 6) is -0.468. The van der Waals surface area contributed by atoms with Gasteiger partial charge in [-0.05, 0) is 30.2 Å². The van der Waals surface area contributed by atoms with Crippen molar-refractivity contribution in [3.8, 4) is 5.75 Å². The van der Waals surface area contributed by atoms with E-state index >= 15 is 0 Å². The number of anilines is 1. The zero-order valence-corrected chi connectivity index (χ0v) is 17.4. The van der Waals surface area contributed by atoms with Crippen molar-refractivity contribution in [3.63, 3.8) is 0 Å². The highest BCUT2D eigenvalue weighted by Gasteiger charge is 2.20. The quantitative estimate of drug-likeness (QED) is 0.547. The Balaban J connectivity index is 1.84. The van der Waals surface area contributed by atoms with Crippen LogP contribution in [0.15, 0.2) is 36.4 Å². The average molecular weight is 417 g/mol. The molecule has 0 atom stereocenters. The molecule has 1 aromatic heterocycles. The second kappa shape index (κ2) is 8.22. The summed E-state index contributed by atoms with van der Waals surface area (Å²) in [5, 5.41) is 18.3. The molecule has 3 aromatic rings. The van der Waals surface area contributed by atoms with Gasteiger partial charge in [-0.1, -0.05) is 25.5 Å². The van der Waals surface area contributed by atoms with E-state index in [0.717, 1.165) is 35.7 Å². The Morgan fingerprint density at radius 3 is 2.55 bits per heavy atom. The lowest BCUT2D eigenvalue weighted by atomic mass is 10.1. The fourth-order valence-electron chi connectivity index (χ4n) is 3.06. The third kappa shape index (κ3) is 4.75. The van der Waals surface area contributed by atoms with Crippen molar-refractivity contribution < 1.29 is 18.3 Å². The molecule has 0 saturated heterocycles. The van der Waals surface area contributed by atoms with Gasteiger partial charge < -0.3 is 10.0 Å². The van der Waals surface area contributed by atoms with Gasteiger partial charge in [0, 0.05) is 30.7 Å². The molecule has 0 bridgehead atoms. The van der Waals surface area contributed by atoms with Crippen LogP contribution in [0.4, 0.5) is 5.69 Å². The minimum Gasteiger partial charge on any atom is -0.507 e. The predicted molar refractivity (Wildman–Crippen MR) is 113 cm³/mol. The topological polar surface area (TPSA) is 115 Å². The maximum atomic E-state index is 13.0. The molecule has 154 valence electrons. The molecule has 3 rings (SSSR count). The van der Waals surface area contributed by atoms with Crippen LogP contribution < -0.4 is 9.62 Å². The number of sulfonamides is 1. The van der Waals surface area contributed by atoms with Gasteiger partial charge in [0.05, 0.1) is 23.0 Å². The number of amides is 1. The van der Waals surface area contributed by atoms with Crippen LogP contribution in [0.1, 0.15) is 35.0 Å². The first kappa shape index (κ1) is 20.8. The van der Waals surface area contributed by atoms with Crippen LogP contribution >= 0.6 is 0 Å². The molecule has 1 heterocycles. The van der Waals surface area contributed by atoms with E-state index in [1.807, 2.05) is 0 Å². The predicted octanol–water partition coefficient (Wildman–Crippen LogP) is 2.55. The Morgan fingerprint density at radius 1 is 1.24 bits per heavy atom. The van der Waals surface area contributed by atoms with Crippen LogP contribution in [0.2, 0.25) is 0 Å². The zero-order chi connectivity index (χ0) is 21.2. The Hall–Kier alpha value is -2.91. The van der Waals surface area contributed by atoms with Crippen LogP contribution in [0.5, 0.6) is 5.75 Å². The first-order valence-electron chi connectivity index (χ1n) is 9.21. The largest absolute Gasteiger partial charge is 0.507 e. The average Bonchev–Trinajstić information content (AvgIpc) is 3.06. The number of hydrogen-bond acceptors (Lipinski definition) is 5. The van der Waals surface area contributed by atoms with Gasteiger partial charge >= 0.3 is 0 Å². The van der Waals surface area contributed by atoms with Crippen molar-refractivity contribution in [2.75, 3.05) is 18.2 Å². The first-order chi connectivity index (χ1) is 13.7. The number of carbonyl (C=O) groups excluding carboxylic acids is 1. The third-order valence-corrected chi connectivity index (χ3v) is 5.31. The van der Waals surface area contributed by atoms with E-state index in [1.165, 1.54) is 11.0 Å². The minimum atomic E-state index is -3.27. The van der Waals surface area contributed by atoms with Gasteiger partial charge in [-0.25, -0.2) is 13.1 Å². The Kier molecular flexibility index (Phi) is 5.90. The van der Waals surface area contributed by atoms with Gasteiger partial charge in [0.1, 0.15) is 5.75 Å². The van der Waals surface area contributed by atoms with Crippen LogP contribution in [0, 0.1) is 0 Å². The molecule has 8 nitrogen and oxygen atoms in total. The van der Waals surface area contributed by atoms with E-state index in [4.69, 9.17) is 0 Å². The molecule has 0 aliphatic rings. The number of phenolic OH excluding ortho intramolecular Hbond substituents is 1. The lowest BCUT2D eigenvalue weighted by Gasteiger charge is -2.18. The number of benzene rings is 2. The number of rotatable bonds is 7. The molecule has 29 heavy (non-hydrogen) atoms. The van der Waals surface area contributed by atoms with Gasteiger partial charge in [0.2, 0.25) is 10.0 Å². The molecule has 0 saturated carbocycles. The van der Waals surface area contributed by atoms with E-state index in [1.54, 1.807) is 37.4 Å². The highest BCUT2D eigenvalue weighted by molar-refractivity contribution is 7.88. The number of carbonyl (C=O) groups is 1. The zero-order valence-electron chi connectivity index (χ0n) is 16.6. The van der Waals surface area contributed by atoms with Crippen LogP contribution in [-0.4, -0.2) is 42.9 Å². The van der Waals surface area contributed by atoms with Crippen molar-refractivity contribution in [3.05, 3.63) is 53.2 Å². The number of nitrogens with zero attached hydrogens (tertiary/aromatic N) is 2. The van der Waals surface area contributed by atoms with Gasteiger partial charge in [0.15, 0.2) is 0 Å². The molecule has 0 unspecified atom stereocenters. The summed E-state index contributed by atoms with van der Waals surface area (Å²) in [7, 11) is -1.65. The molecule has 0 aliphatic heterocycles. The fraction of sp³-hybridized carbons (Fsp3) is 0.300. The number of aromatic hydroxyl groups is 1. The molecular formula is C20H24N4O4S. The second-order valence-corrected chi connectivity index (χ2v) is 8.79. The Bertz CT molecular complexity index is 1140. The monoisotopic (exact) mass is 416 g/mol. The molecule has 0 spiro atoms. The smallest absolute Gasteiger partial charge is 0.261 e. The molecule has 0 aliphatic carbocycles. The molecule has 9 heteroatoms. The number of hydrogen-bond donors (Lipinski definition) is 3. The maximum Gasteiger partial charge on any atom is 0.261 e. The van der Waals surface area contributed by atoms with Crippen molar-refractivity contribution in [2.45, 2.75) is 26.3 Å². The van der Waals surface area contributed by atoms with Crippen LogP contribution in [-0.2, 0) is 23.0 Å².